The van der Waals surface area contributed by atoms with E-state index in [1.165, 1.54) is 12.5 Å². The Morgan fingerprint density at radius 1 is 1.18 bits per heavy atom. The maximum absolute atomic E-state index is 9.96. The molecule has 1 aromatic rings. The third-order valence-corrected chi connectivity index (χ3v) is 3.87. The molecular weight excluding hydrogens is 212 g/mol. The van der Waals surface area contributed by atoms with Crippen LogP contribution in [0.15, 0.2) is 18.2 Å². The lowest BCUT2D eigenvalue weighted by atomic mass is 9.66. The van der Waals surface area contributed by atoms with Crippen molar-refractivity contribution in [1.29, 1.82) is 0 Å². The fourth-order valence-corrected chi connectivity index (χ4v) is 3.46. The summed E-state index contributed by atoms with van der Waals surface area (Å²) in [4.78, 5) is 0. The zero-order valence-electron chi connectivity index (χ0n) is 10.9. The Morgan fingerprint density at radius 3 is 2.53 bits per heavy atom. The maximum atomic E-state index is 9.96. The first-order valence-corrected chi connectivity index (χ1v) is 6.40. The molecule has 1 saturated carbocycles. The van der Waals surface area contributed by atoms with E-state index in [0.29, 0.717) is 17.3 Å². The lowest BCUT2D eigenvalue weighted by Crippen LogP contribution is -2.26. The van der Waals surface area contributed by atoms with Crippen molar-refractivity contribution >= 4 is 0 Å². The second-order valence-electron chi connectivity index (χ2n) is 6.33. The van der Waals surface area contributed by atoms with Crippen molar-refractivity contribution < 1.29 is 10.2 Å². The molecule has 2 N–H and O–H groups in total. The predicted octanol–water partition coefficient (Wildman–Crippen LogP) is 4.03. The second-order valence-corrected chi connectivity index (χ2v) is 6.33. The molecule has 17 heavy (non-hydrogen) atoms. The molecule has 2 unspecified atom stereocenters. The molecular formula is C15H22O2. The van der Waals surface area contributed by atoms with E-state index < -0.39 is 0 Å². The van der Waals surface area contributed by atoms with E-state index in [9.17, 15) is 10.2 Å². The van der Waals surface area contributed by atoms with Crippen LogP contribution in [0.4, 0.5) is 0 Å². The molecule has 1 aliphatic rings. The number of para-hydroxylation sites is 1. The van der Waals surface area contributed by atoms with Gasteiger partial charge in [-0.15, -0.1) is 0 Å². The Hall–Kier alpha value is -1.18. The lowest BCUT2D eigenvalue weighted by Gasteiger charge is -2.39. The minimum atomic E-state index is -0.00136. The molecule has 0 aromatic heterocycles. The summed E-state index contributed by atoms with van der Waals surface area (Å²) in [6.07, 6.45) is 3.41. The SMILES string of the molecule is CC1CC(c2cccc(O)c2O)CC(C)(C)C1. The van der Waals surface area contributed by atoms with Gasteiger partial charge in [-0.3, -0.25) is 0 Å². The number of phenolic OH excluding ortho intramolecular Hbond substituents is 2. The fourth-order valence-electron chi connectivity index (χ4n) is 3.46. The zero-order chi connectivity index (χ0) is 12.6. The number of rotatable bonds is 1. The lowest BCUT2D eigenvalue weighted by molar-refractivity contribution is 0.166. The van der Waals surface area contributed by atoms with Crippen LogP contribution in [-0.4, -0.2) is 10.2 Å². The highest BCUT2D eigenvalue weighted by atomic mass is 16.3. The molecule has 2 heteroatoms. The standard InChI is InChI=1S/C15H22O2/c1-10-7-11(9-15(2,3)8-10)12-5-4-6-13(16)14(12)17/h4-6,10-11,16-17H,7-9H2,1-3H3. The van der Waals surface area contributed by atoms with Gasteiger partial charge in [0.2, 0.25) is 0 Å². The average Bonchev–Trinajstić information content (AvgIpc) is 2.19. The van der Waals surface area contributed by atoms with E-state index in [4.69, 9.17) is 0 Å². The van der Waals surface area contributed by atoms with E-state index in [2.05, 4.69) is 20.8 Å². The van der Waals surface area contributed by atoms with Gasteiger partial charge in [0.05, 0.1) is 0 Å². The van der Waals surface area contributed by atoms with Gasteiger partial charge in [-0.25, -0.2) is 0 Å². The van der Waals surface area contributed by atoms with Crippen molar-refractivity contribution in [3.63, 3.8) is 0 Å². The third-order valence-electron chi connectivity index (χ3n) is 3.87. The van der Waals surface area contributed by atoms with Crippen LogP contribution in [0.2, 0.25) is 0 Å². The first-order chi connectivity index (χ1) is 7.89. The van der Waals surface area contributed by atoms with Gasteiger partial charge in [-0.05, 0) is 42.6 Å². The Morgan fingerprint density at radius 2 is 1.88 bits per heavy atom. The van der Waals surface area contributed by atoms with Crippen LogP contribution in [0.5, 0.6) is 11.5 Å². The van der Waals surface area contributed by atoms with E-state index in [-0.39, 0.29) is 11.5 Å². The van der Waals surface area contributed by atoms with Crippen LogP contribution in [0, 0.1) is 11.3 Å². The Labute approximate surface area is 103 Å². The van der Waals surface area contributed by atoms with Crippen molar-refractivity contribution in [2.24, 2.45) is 11.3 Å². The smallest absolute Gasteiger partial charge is 0.160 e. The molecule has 1 aromatic carbocycles. The molecule has 0 bridgehead atoms. The summed E-state index contributed by atoms with van der Waals surface area (Å²) in [5.74, 6) is 1.10. The second kappa shape index (κ2) is 4.25. The summed E-state index contributed by atoms with van der Waals surface area (Å²) < 4.78 is 0. The van der Waals surface area contributed by atoms with Crippen LogP contribution in [0.25, 0.3) is 0 Å². The monoisotopic (exact) mass is 234 g/mol. The van der Waals surface area contributed by atoms with Gasteiger partial charge in [0.1, 0.15) is 0 Å². The predicted molar refractivity (Wildman–Crippen MR) is 69.3 cm³/mol. The minimum absolute atomic E-state index is 0.00136. The maximum Gasteiger partial charge on any atom is 0.160 e. The van der Waals surface area contributed by atoms with E-state index in [1.807, 2.05) is 12.1 Å². The zero-order valence-corrected chi connectivity index (χ0v) is 10.9. The van der Waals surface area contributed by atoms with Crippen LogP contribution in [0.1, 0.15) is 51.5 Å². The van der Waals surface area contributed by atoms with Gasteiger partial charge in [0.15, 0.2) is 11.5 Å². The molecule has 0 spiro atoms. The number of hydrogen-bond donors (Lipinski definition) is 2. The normalized spacial score (nSPS) is 27.9. The van der Waals surface area contributed by atoms with Gasteiger partial charge in [-0.2, -0.15) is 0 Å². The summed E-state index contributed by atoms with van der Waals surface area (Å²) in [7, 11) is 0. The van der Waals surface area contributed by atoms with Crippen LogP contribution >= 0.6 is 0 Å². The topological polar surface area (TPSA) is 40.5 Å². The molecule has 94 valence electrons. The van der Waals surface area contributed by atoms with Gasteiger partial charge < -0.3 is 10.2 Å². The molecule has 0 aliphatic heterocycles. The molecule has 1 fully saturated rings. The summed E-state index contributed by atoms with van der Waals surface area (Å²) >= 11 is 0. The first-order valence-electron chi connectivity index (χ1n) is 6.40. The molecule has 0 radical (unpaired) electrons. The van der Waals surface area contributed by atoms with E-state index >= 15 is 0 Å². The molecule has 0 heterocycles. The molecule has 0 saturated heterocycles. The molecule has 2 nitrogen and oxygen atoms in total. The highest BCUT2D eigenvalue weighted by Crippen LogP contribution is 2.48. The molecule has 1 aliphatic carbocycles. The molecule has 2 atom stereocenters. The number of aromatic hydroxyl groups is 2. The van der Waals surface area contributed by atoms with Crippen molar-refractivity contribution in [2.45, 2.75) is 46.0 Å². The highest BCUT2D eigenvalue weighted by molar-refractivity contribution is 5.46. The van der Waals surface area contributed by atoms with Crippen LogP contribution < -0.4 is 0 Å². The van der Waals surface area contributed by atoms with Crippen molar-refractivity contribution in [2.75, 3.05) is 0 Å². The third kappa shape index (κ3) is 2.56. The van der Waals surface area contributed by atoms with Crippen molar-refractivity contribution in [1.82, 2.24) is 0 Å². The Bertz CT molecular complexity index is 409. The van der Waals surface area contributed by atoms with Gasteiger partial charge in [-0.1, -0.05) is 32.9 Å². The van der Waals surface area contributed by atoms with Gasteiger partial charge in [0.25, 0.3) is 0 Å². The highest BCUT2D eigenvalue weighted by Gasteiger charge is 2.33. The van der Waals surface area contributed by atoms with Gasteiger partial charge >= 0.3 is 0 Å². The fraction of sp³-hybridized carbons (Fsp3) is 0.600. The Kier molecular flexibility index (Phi) is 3.07. The summed E-state index contributed by atoms with van der Waals surface area (Å²) in [5.41, 5.74) is 1.23. The largest absolute Gasteiger partial charge is 0.504 e. The Balaban J connectivity index is 2.30. The van der Waals surface area contributed by atoms with E-state index in [0.717, 1.165) is 18.4 Å². The van der Waals surface area contributed by atoms with Gasteiger partial charge in [0, 0.05) is 5.56 Å². The van der Waals surface area contributed by atoms with Crippen molar-refractivity contribution in [3.05, 3.63) is 23.8 Å². The summed E-state index contributed by atoms with van der Waals surface area (Å²) in [6.45, 7) is 6.85. The van der Waals surface area contributed by atoms with Crippen LogP contribution in [-0.2, 0) is 0 Å². The summed E-state index contributed by atoms with van der Waals surface area (Å²) in [6, 6.07) is 5.29. The van der Waals surface area contributed by atoms with Crippen molar-refractivity contribution in [3.8, 4) is 11.5 Å². The van der Waals surface area contributed by atoms with E-state index in [1.54, 1.807) is 0 Å². The quantitative estimate of drug-likeness (QED) is 0.720. The van der Waals surface area contributed by atoms with Crippen LogP contribution in [0.3, 0.4) is 0 Å². The molecule has 0 amide bonds. The first kappa shape index (κ1) is 12.3. The number of phenols is 2. The summed E-state index contributed by atoms with van der Waals surface area (Å²) in [5, 5.41) is 19.5. The number of hydrogen-bond acceptors (Lipinski definition) is 2. The number of benzene rings is 1. The minimum Gasteiger partial charge on any atom is -0.504 e. The average molecular weight is 234 g/mol. The molecule has 2 rings (SSSR count).